The Balaban J connectivity index is 1.51. The Morgan fingerprint density at radius 2 is 1.60 bits per heavy atom. The number of sulfonamides is 1. The van der Waals surface area contributed by atoms with Crippen LogP contribution in [0.1, 0.15) is 10.4 Å². The molecule has 4 rings (SSSR count). The molecule has 4 N–H and O–H groups in total. The minimum Gasteiger partial charge on any atom is -0.322 e. The van der Waals surface area contributed by atoms with Crippen molar-refractivity contribution >= 4 is 38.3 Å². The molecule has 1 heterocycles. The normalized spacial score (nSPS) is 11.4. The van der Waals surface area contributed by atoms with Gasteiger partial charge < -0.3 is 15.3 Å². The van der Waals surface area contributed by atoms with Gasteiger partial charge in [0.1, 0.15) is 5.82 Å². The molecule has 0 atom stereocenters. The Bertz CT molecular complexity index is 1410. The first-order chi connectivity index (χ1) is 14.3. The van der Waals surface area contributed by atoms with Crippen LogP contribution in [0.3, 0.4) is 0 Å². The van der Waals surface area contributed by atoms with Gasteiger partial charge in [-0.2, -0.15) is 0 Å². The van der Waals surface area contributed by atoms with Gasteiger partial charge in [-0.05, 0) is 54.6 Å². The summed E-state index contributed by atoms with van der Waals surface area (Å²) in [5.41, 5.74) is 1.31. The maximum absolute atomic E-state index is 13.7. The fraction of sp³-hybridized carbons (Fsp3) is 0. The second kappa shape index (κ2) is 7.48. The zero-order valence-electron chi connectivity index (χ0n) is 15.3. The molecule has 152 valence electrons. The maximum Gasteiger partial charge on any atom is 0.323 e. The summed E-state index contributed by atoms with van der Waals surface area (Å²) in [4.78, 5) is 28.8. The average Bonchev–Trinajstić information content (AvgIpc) is 3.09. The van der Waals surface area contributed by atoms with Gasteiger partial charge in [-0.3, -0.25) is 9.52 Å². The van der Waals surface area contributed by atoms with Crippen LogP contribution in [0.25, 0.3) is 11.0 Å². The molecular formula is C20H15FN4O4S. The van der Waals surface area contributed by atoms with E-state index in [4.69, 9.17) is 0 Å². The molecule has 10 heteroatoms. The van der Waals surface area contributed by atoms with Crippen LogP contribution >= 0.6 is 0 Å². The van der Waals surface area contributed by atoms with Gasteiger partial charge in [0.15, 0.2) is 0 Å². The number of anilines is 2. The molecule has 0 saturated heterocycles. The Morgan fingerprint density at radius 3 is 2.33 bits per heavy atom. The highest BCUT2D eigenvalue weighted by molar-refractivity contribution is 7.92. The summed E-state index contributed by atoms with van der Waals surface area (Å²) in [7, 11) is -4.02. The highest BCUT2D eigenvalue weighted by atomic mass is 32.2. The molecule has 0 aliphatic carbocycles. The number of halogens is 1. The number of H-pyrrole nitrogens is 2. The van der Waals surface area contributed by atoms with E-state index in [0.717, 1.165) is 6.07 Å². The number of aromatic nitrogens is 2. The van der Waals surface area contributed by atoms with Crippen LogP contribution in [0.2, 0.25) is 0 Å². The van der Waals surface area contributed by atoms with E-state index in [1.807, 2.05) is 0 Å². The van der Waals surface area contributed by atoms with Crippen molar-refractivity contribution in [1.82, 2.24) is 9.97 Å². The number of carbonyl (C=O) groups is 1. The summed E-state index contributed by atoms with van der Waals surface area (Å²) in [6.45, 7) is 0. The number of benzene rings is 3. The number of hydrogen-bond acceptors (Lipinski definition) is 4. The van der Waals surface area contributed by atoms with E-state index in [0.29, 0.717) is 16.7 Å². The van der Waals surface area contributed by atoms with Crippen molar-refractivity contribution in [1.29, 1.82) is 0 Å². The van der Waals surface area contributed by atoms with Crippen LogP contribution < -0.4 is 15.7 Å². The highest BCUT2D eigenvalue weighted by Gasteiger charge is 2.17. The third kappa shape index (κ3) is 3.94. The molecule has 30 heavy (non-hydrogen) atoms. The molecule has 0 unspecified atom stereocenters. The molecule has 3 aromatic carbocycles. The number of imidazole rings is 1. The first-order valence-electron chi connectivity index (χ1n) is 8.73. The zero-order chi connectivity index (χ0) is 21.3. The number of para-hydroxylation sites is 1. The zero-order valence-corrected chi connectivity index (χ0v) is 16.1. The summed E-state index contributed by atoms with van der Waals surface area (Å²) in [6.07, 6.45) is 0. The van der Waals surface area contributed by atoms with E-state index in [1.54, 1.807) is 18.2 Å². The Kier molecular flexibility index (Phi) is 4.84. The Hall–Kier alpha value is -3.92. The first kappa shape index (κ1) is 19.4. The van der Waals surface area contributed by atoms with Gasteiger partial charge >= 0.3 is 5.69 Å². The van der Waals surface area contributed by atoms with Crippen molar-refractivity contribution in [2.75, 3.05) is 10.0 Å². The predicted octanol–water partition coefficient (Wildman–Crippen LogP) is 3.05. The van der Waals surface area contributed by atoms with Gasteiger partial charge in [0.2, 0.25) is 0 Å². The lowest BCUT2D eigenvalue weighted by molar-refractivity contribution is 0.102. The third-order valence-corrected chi connectivity index (χ3v) is 5.70. The Labute approximate surface area is 169 Å². The molecule has 0 aliphatic heterocycles. The van der Waals surface area contributed by atoms with E-state index in [-0.39, 0.29) is 21.8 Å². The molecular weight excluding hydrogens is 411 g/mol. The van der Waals surface area contributed by atoms with Crippen molar-refractivity contribution in [3.8, 4) is 0 Å². The molecule has 0 bridgehead atoms. The molecule has 0 spiro atoms. The number of fused-ring (bicyclic) bond motifs is 1. The SMILES string of the molecule is O=C(Nc1ccc2[nH]c(=O)[nH]c2c1)c1ccc(S(=O)(=O)Nc2ccccc2F)cc1. The summed E-state index contributed by atoms with van der Waals surface area (Å²) < 4.78 is 40.8. The number of hydrogen-bond donors (Lipinski definition) is 4. The Morgan fingerprint density at radius 1 is 0.900 bits per heavy atom. The number of rotatable bonds is 5. The number of nitrogens with one attached hydrogen (secondary N) is 4. The van der Waals surface area contributed by atoms with Gasteiger partial charge in [-0.25, -0.2) is 17.6 Å². The molecule has 8 nitrogen and oxygen atoms in total. The number of carbonyl (C=O) groups excluding carboxylic acids is 1. The largest absolute Gasteiger partial charge is 0.323 e. The van der Waals surface area contributed by atoms with Gasteiger partial charge in [0, 0.05) is 11.3 Å². The second-order valence-electron chi connectivity index (χ2n) is 6.40. The number of amides is 1. The molecule has 0 radical (unpaired) electrons. The van der Waals surface area contributed by atoms with Crippen molar-refractivity contribution in [3.63, 3.8) is 0 Å². The van der Waals surface area contributed by atoms with Crippen molar-refractivity contribution in [2.24, 2.45) is 0 Å². The van der Waals surface area contributed by atoms with Gasteiger partial charge in [-0.15, -0.1) is 0 Å². The minimum atomic E-state index is -4.02. The van der Waals surface area contributed by atoms with Crippen LogP contribution in [0.5, 0.6) is 0 Å². The highest BCUT2D eigenvalue weighted by Crippen LogP contribution is 2.20. The summed E-state index contributed by atoms with van der Waals surface area (Å²) >= 11 is 0. The lowest BCUT2D eigenvalue weighted by Crippen LogP contribution is -2.15. The topological polar surface area (TPSA) is 124 Å². The molecule has 0 saturated carbocycles. The van der Waals surface area contributed by atoms with Crippen molar-refractivity contribution in [2.45, 2.75) is 4.90 Å². The van der Waals surface area contributed by atoms with E-state index >= 15 is 0 Å². The van der Waals surface area contributed by atoms with Crippen LogP contribution in [0.15, 0.2) is 76.4 Å². The van der Waals surface area contributed by atoms with Crippen molar-refractivity contribution < 1.29 is 17.6 Å². The molecule has 1 aromatic heterocycles. The standard InChI is InChI=1S/C20H15FN4O4S/c21-15-3-1-2-4-16(15)25-30(28,29)14-8-5-12(6-9-14)19(26)22-13-7-10-17-18(11-13)24-20(27)23-17/h1-11,25H,(H,22,26)(H2,23,24,27). The fourth-order valence-corrected chi connectivity index (χ4v) is 3.91. The number of aromatic amines is 2. The van der Waals surface area contributed by atoms with Gasteiger partial charge in [0.05, 0.1) is 21.6 Å². The summed E-state index contributed by atoms with van der Waals surface area (Å²) in [5, 5.41) is 2.68. The lowest BCUT2D eigenvalue weighted by atomic mass is 10.2. The smallest absolute Gasteiger partial charge is 0.322 e. The minimum absolute atomic E-state index is 0.117. The lowest BCUT2D eigenvalue weighted by Gasteiger charge is -2.10. The van der Waals surface area contributed by atoms with Crippen LogP contribution in [0.4, 0.5) is 15.8 Å². The summed E-state index contributed by atoms with van der Waals surface area (Å²) in [6, 6.07) is 15.5. The van der Waals surface area contributed by atoms with Crippen molar-refractivity contribution in [3.05, 3.63) is 88.6 Å². The quantitative estimate of drug-likeness (QED) is 0.392. The van der Waals surface area contributed by atoms with Gasteiger partial charge in [-0.1, -0.05) is 12.1 Å². The first-order valence-corrected chi connectivity index (χ1v) is 10.2. The molecule has 1 amide bonds. The van der Waals surface area contributed by atoms with E-state index in [2.05, 4.69) is 20.0 Å². The average molecular weight is 426 g/mol. The van der Waals surface area contributed by atoms with Crippen LogP contribution in [-0.4, -0.2) is 24.3 Å². The fourth-order valence-electron chi connectivity index (χ4n) is 2.85. The third-order valence-electron chi connectivity index (χ3n) is 4.32. The summed E-state index contributed by atoms with van der Waals surface area (Å²) in [5.74, 6) is -1.16. The maximum atomic E-state index is 13.7. The monoisotopic (exact) mass is 426 g/mol. The second-order valence-corrected chi connectivity index (χ2v) is 8.09. The predicted molar refractivity (Wildman–Crippen MR) is 111 cm³/mol. The molecule has 4 aromatic rings. The van der Waals surface area contributed by atoms with Crippen LogP contribution in [-0.2, 0) is 10.0 Å². The molecule has 0 fully saturated rings. The van der Waals surface area contributed by atoms with Crippen LogP contribution in [0, 0.1) is 5.82 Å². The van der Waals surface area contributed by atoms with Gasteiger partial charge in [0.25, 0.3) is 15.9 Å². The van der Waals surface area contributed by atoms with E-state index in [9.17, 15) is 22.4 Å². The van der Waals surface area contributed by atoms with E-state index in [1.165, 1.54) is 42.5 Å². The molecule has 0 aliphatic rings. The van der Waals surface area contributed by atoms with E-state index < -0.39 is 21.7 Å².